The first-order chi connectivity index (χ1) is 8.01. The number of nitrogens with one attached hydrogen (secondary N) is 2. The molecule has 3 amide bonds. The molecule has 1 fully saturated rings. The lowest BCUT2D eigenvalue weighted by Crippen LogP contribution is -2.50. The highest BCUT2D eigenvalue weighted by Crippen LogP contribution is 2.09. The molecule has 0 radical (unpaired) electrons. The molecule has 2 N–H and O–H groups in total. The topological polar surface area (TPSA) is 70.7 Å². The molecule has 6 nitrogen and oxygen atoms in total. The third-order valence-electron chi connectivity index (χ3n) is 2.45. The number of amides is 3. The molecule has 0 bridgehead atoms. The van der Waals surface area contributed by atoms with Gasteiger partial charge in [-0.05, 0) is 20.8 Å². The molecule has 1 aliphatic rings. The van der Waals surface area contributed by atoms with Gasteiger partial charge in [-0.3, -0.25) is 15.0 Å². The van der Waals surface area contributed by atoms with Gasteiger partial charge in [0.25, 0.3) is 0 Å². The number of nitrogens with zero attached hydrogens (tertiary/aromatic N) is 1. The standard InChI is InChI=1S/C11H21N3O3/c1-4-12-11(16)13-10(15)7-14-5-8(2)17-9(3)6-14/h8-9H,4-7H2,1-3H3,(H2,12,13,15,16)/t8-,9+. The SMILES string of the molecule is CCNC(=O)NC(=O)CN1C[C@@H](C)O[C@@H](C)C1. The maximum absolute atomic E-state index is 11.6. The van der Waals surface area contributed by atoms with Gasteiger partial charge >= 0.3 is 6.03 Å². The Balaban J connectivity index is 2.32. The summed E-state index contributed by atoms with van der Waals surface area (Å²) < 4.78 is 5.56. The molecule has 0 unspecified atom stereocenters. The molecule has 0 aromatic heterocycles. The molecule has 1 aliphatic heterocycles. The zero-order valence-electron chi connectivity index (χ0n) is 10.7. The molecule has 0 aliphatic carbocycles. The molecular weight excluding hydrogens is 222 g/mol. The van der Waals surface area contributed by atoms with Crippen molar-refractivity contribution in [3.8, 4) is 0 Å². The summed E-state index contributed by atoms with van der Waals surface area (Å²) in [5.74, 6) is -0.280. The molecule has 98 valence electrons. The summed E-state index contributed by atoms with van der Waals surface area (Å²) in [6.07, 6.45) is 0.243. The predicted molar refractivity (Wildman–Crippen MR) is 63.7 cm³/mol. The number of carbonyl (C=O) groups is 2. The Hall–Kier alpha value is -1.14. The van der Waals surface area contributed by atoms with Crippen molar-refractivity contribution in [1.82, 2.24) is 15.5 Å². The second-order valence-corrected chi connectivity index (χ2v) is 4.36. The molecule has 0 saturated carbocycles. The summed E-state index contributed by atoms with van der Waals surface area (Å²) in [6, 6.07) is -0.438. The Labute approximate surface area is 102 Å². The quantitative estimate of drug-likeness (QED) is 0.728. The molecule has 0 spiro atoms. The number of ether oxygens (including phenoxy) is 1. The van der Waals surface area contributed by atoms with Gasteiger partial charge in [0.1, 0.15) is 0 Å². The van der Waals surface area contributed by atoms with Crippen molar-refractivity contribution in [1.29, 1.82) is 0 Å². The van der Waals surface area contributed by atoms with Crippen LogP contribution in [0.25, 0.3) is 0 Å². The van der Waals surface area contributed by atoms with Gasteiger partial charge in [0.2, 0.25) is 5.91 Å². The molecule has 1 rings (SSSR count). The number of carbonyl (C=O) groups excluding carboxylic acids is 2. The Morgan fingerprint density at radius 2 is 1.88 bits per heavy atom. The first-order valence-corrected chi connectivity index (χ1v) is 5.96. The lowest BCUT2D eigenvalue weighted by Gasteiger charge is -2.34. The molecular formula is C11H21N3O3. The molecule has 1 saturated heterocycles. The molecule has 0 aromatic carbocycles. The maximum atomic E-state index is 11.6. The second kappa shape index (κ2) is 6.56. The highest BCUT2D eigenvalue weighted by atomic mass is 16.5. The Bertz CT molecular complexity index is 273. The van der Waals surface area contributed by atoms with E-state index in [1.807, 2.05) is 18.7 Å². The van der Waals surface area contributed by atoms with Gasteiger partial charge in [0.15, 0.2) is 0 Å². The smallest absolute Gasteiger partial charge is 0.321 e. The van der Waals surface area contributed by atoms with Gasteiger partial charge in [-0.15, -0.1) is 0 Å². The average molecular weight is 243 g/mol. The van der Waals surface area contributed by atoms with Gasteiger partial charge in [-0.1, -0.05) is 0 Å². The molecule has 6 heteroatoms. The summed E-state index contributed by atoms with van der Waals surface area (Å²) in [7, 11) is 0. The minimum Gasteiger partial charge on any atom is -0.373 e. The summed E-state index contributed by atoms with van der Waals surface area (Å²) in [6.45, 7) is 7.92. The fourth-order valence-corrected chi connectivity index (χ4v) is 1.99. The van der Waals surface area contributed by atoms with Crippen molar-refractivity contribution < 1.29 is 14.3 Å². The third kappa shape index (κ3) is 5.14. The van der Waals surface area contributed by atoms with Crippen molar-refractivity contribution >= 4 is 11.9 Å². The third-order valence-corrected chi connectivity index (χ3v) is 2.45. The molecule has 0 aromatic rings. The normalized spacial score (nSPS) is 25.4. The average Bonchev–Trinajstić information content (AvgIpc) is 2.14. The van der Waals surface area contributed by atoms with Crippen LogP contribution in [0.15, 0.2) is 0 Å². The van der Waals surface area contributed by atoms with Gasteiger partial charge < -0.3 is 10.1 Å². The second-order valence-electron chi connectivity index (χ2n) is 4.36. The highest BCUT2D eigenvalue weighted by molar-refractivity contribution is 5.95. The Morgan fingerprint density at radius 3 is 2.41 bits per heavy atom. The number of imide groups is 1. The Kier molecular flexibility index (Phi) is 5.37. The number of urea groups is 1. The van der Waals surface area contributed by atoms with E-state index >= 15 is 0 Å². The van der Waals surface area contributed by atoms with Crippen LogP contribution in [-0.4, -0.2) is 55.2 Å². The number of rotatable bonds is 3. The van der Waals surface area contributed by atoms with Crippen LogP contribution in [0.4, 0.5) is 4.79 Å². The van der Waals surface area contributed by atoms with Crippen LogP contribution in [0.2, 0.25) is 0 Å². The van der Waals surface area contributed by atoms with Crippen LogP contribution in [0.3, 0.4) is 0 Å². The van der Waals surface area contributed by atoms with E-state index in [0.717, 1.165) is 0 Å². The van der Waals surface area contributed by atoms with Crippen LogP contribution in [0, 0.1) is 0 Å². The van der Waals surface area contributed by atoms with Crippen LogP contribution < -0.4 is 10.6 Å². The van der Waals surface area contributed by atoms with E-state index in [9.17, 15) is 9.59 Å². The lowest BCUT2D eigenvalue weighted by molar-refractivity contribution is -0.124. The first kappa shape index (κ1) is 13.9. The van der Waals surface area contributed by atoms with Gasteiger partial charge in [0.05, 0.1) is 18.8 Å². The van der Waals surface area contributed by atoms with Crippen molar-refractivity contribution in [2.75, 3.05) is 26.2 Å². The zero-order valence-corrected chi connectivity index (χ0v) is 10.7. The van der Waals surface area contributed by atoms with Crippen LogP contribution in [-0.2, 0) is 9.53 Å². The Morgan fingerprint density at radius 1 is 1.29 bits per heavy atom. The van der Waals surface area contributed by atoms with E-state index in [0.29, 0.717) is 19.6 Å². The minimum absolute atomic E-state index is 0.121. The summed E-state index contributed by atoms with van der Waals surface area (Å²) in [5.41, 5.74) is 0. The fraction of sp³-hybridized carbons (Fsp3) is 0.818. The molecule has 1 heterocycles. The number of morpholine rings is 1. The van der Waals surface area contributed by atoms with Crippen LogP contribution >= 0.6 is 0 Å². The summed E-state index contributed by atoms with van der Waals surface area (Å²) >= 11 is 0. The van der Waals surface area contributed by atoms with Crippen molar-refractivity contribution in [3.05, 3.63) is 0 Å². The van der Waals surface area contributed by atoms with E-state index in [1.165, 1.54) is 0 Å². The zero-order chi connectivity index (χ0) is 12.8. The highest BCUT2D eigenvalue weighted by Gasteiger charge is 2.23. The lowest BCUT2D eigenvalue weighted by atomic mass is 10.2. The van der Waals surface area contributed by atoms with E-state index in [4.69, 9.17) is 4.74 Å². The van der Waals surface area contributed by atoms with Crippen LogP contribution in [0.5, 0.6) is 0 Å². The summed E-state index contributed by atoms with van der Waals surface area (Å²) in [5, 5.41) is 4.80. The predicted octanol–water partition coefficient (Wildman–Crippen LogP) is -0.0587. The molecule has 2 atom stereocenters. The van der Waals surface area contributed by atoms with E-state index in [-0.39, 0.29) is 24.7 Å². The van der Waals surface area contributed by atoms with E-state index < -0.39 is 6.03 Å². The van der Waals surface area contributed by atoms with Gasteiger partial charge in [0, 0.05) is 19.6 Å². The first-order valence-electron chi connectivity index (χ1n) is 5.96. The largest absolute Gasteiger partial charge is 0.373 e. The van der Waals surface area contributed by atoms with E-state index in [2.05, 4.69) is 10.6 Å². The van der Waals surface area contributed by atoms with E-state index in [1.54, 1.807) is 6.92 Å². The number of hydrogen-bond acceptors (Lipinski definition) is 4. The van der Waals surface area contributed by atoms with Gasteiger partial charge in [-0.25, -0.2) is 4.79 Å². The van der Waals surface area contributed by atoms with Crippen molar-refractivity contribution in [3.63, 3.8) is 0 Å². The fourth-order valence-electron chi connectivity index (χ4n) is 1.99. The summed E-state index contributed by atoms with van der Waals surface area (Å²) in [4.78, 5) is 24.7. The molecule has 17 heavy (non-hydrogen) atoms. The van der Waals surface area contributed by atoms with Crippen LogP contribution in [0.1, 0.15) is 20.8 Å². The van der Waals surface area contributed by atoms with Gasteiger partial charge in [-0.2, -0.15) is 0 Å². The number of hydrogen-bond donors (Lipinski definition) is 2. The maximum Gasteiger partial charge on any atom is 0.321 e. The minimum atomic E-state index is -0.438. The monoisotopic (exact) mass is 243 g/mol. The van der Waals surface area contributed by atoms with Crippen molar-refractivity contribution in [2.45, 2.75) is 33.0 Å². The van der Waals surface area contributed by atoms with Crippen molar-refractivity contribution in [2.24, 2.45) is 0 Å².